The van der Waals surface area contributed by atoms with E-state index in [0.717, 1.165) is 13.0 Å². The maximum Gasteiger partial charge on any atom is 0.523 e. The summed E-state index contributed by atoms with van der Waals surface area (Å²) in [5, 5.41) is 8.60. The molecular weight excluding hydrogens is 357 g/mol. The van der Waals surface area contributed by atoms with E-state index in [1.165, 1.54) is 0 Å². The van der Waals surface area contributed by atoms with E-state index in [4.69, 9.17) is 9.84 Å². The molecule has 130 valence electrons. The molecule has 0 radical (unpaired) electrons. The minimum atomic E-state index is -5.46. The summed E-state index contributed by atoms with van der Waals surface area (Å²) in [7, 11) is -5.46. The minimum absolute atomic E-state index is 0. The van der Waals surface area contributed by atoms with Crippen LogP contribution in [-0.2, 0) is 23.8 Å². The van der Waals surface area contributed by atoms with E-state index in [0.29, 0.717) is 6.61 Å². The Morgan fingerprint density at radius 3 is 1.86 bits per heavy atom. The number of halogens is 3. The van der Waals surface area contributed by atoms with Gasteiger partial charge in [0.2, 0.25) is 0 Å². The summed E-state index contributed by atoms with van der Waals surface area (Å²) >= 11 is 0. The summed E-state index contributed by atoms with van der Waals surface area (Å²) in [5.41, 5.74) is -5.35. The van der Waals surface area contributed by atoms with Gasteiger partial charge in [0, 0.05) is 19.6 Å². The molecule has 2 rings (SSSR count). The molecule has 0 spiro atoms. The molecule has 2 fully saturated rings. The number of alkyl halides is 3. The summed E-state index contributed by atoms with van der Waals surface area (Å²) in [6.45, 7) is 1.38. The van der Waals surface area contributed by atoms with E-state index in [9.17, 15) is 21.6 Å². The largest absolute Gasteiger partial charge is 0.523 e. The van der Waals surface area contributed by atoms with Gasteiger partial charge in [0.1, 0.15) is 6.10 Å². The average molecular weight is 376 g/mol. The number of aliphatic hydroxyl groups is 1. The van der Waals surface area contributed by atoms with Crippen molar-refractivity contribution in [3.8, 4) is 0 Å². The van der Waals surface area contributed by atoms with Gasteiger partial charge in [-0.3, -0.25) is 4.18 Å². The molecule has 2 atom stereocenters. The highest BCUT2D eigenvalue weighted by atomic mass is 32.2. The van der Waals surface area contributed by atoms with Crippen molar-refractivity contribution in [3.05, 3.63) is 0 Å². The fourth-order valence-electron chi connectivity index (χ4n) is 1.34. The van der Waals surface area contributed by atoms with Crippen molar-refractivity contribution >= 4 is 37.1 Å². The Hall–Kier alpha value is 0.280. The molecule has 0 unspecified atom stereocenters. The van der Waals surface area contributed by atoms with E-state index < -0.39 is 21.7 Å². The second kappa shape index (κ2) is 10.1. The monoisotopic (exact) mass is 376 g/mol. The summed E-state index contributed by atoms with van der Waals surface area (Å²) in [4.78, 5) is 0. The van der Waals surface area contributed by atoms with E-state index in [2.05, 4.69) is 8.92 Å². The second-order valence-corrected chi connectivity index (χ2v) is 5.56. The predicted molar refractivity (Wildman–Crippen MR) is 77.5 cm³/mol. The summed E-state index contributed by atoms with van der Waals surface area (Å²) in [6, 6.07) is 0. The Kier molecular flexibility index (Phi) is 11.4. The molecule has 2 aliphatic rings. The van der Waals surface area contributed by atoms with Crippen LogP contribution in [0.25, 0.3) is 0 Å². The van der Waals surface area contributed by atoms with Gasteiger partial charge < -0.3 is 14.6 Å². The molecule has 0 aromatic rings. The Balaban J connectivity index is 0. The third kappa shape index (κ3) is 8.47. The lowest BCUT2D eigenvalue weighted by molar-refractivity contribution is -0.0574. The number of hydrogen-bond acceptors (Lipinski definition) is 6. The fraction of sp³-hybridized carbons (Fsp3) is 1.00. The molecule has 6 nitrogen and oxygen atoms in total. The molecule has 2 aliphatic heterocycles. The molecule has 1 N–H and O–H groups in total. The standard InChI is InChI=1S/C5H7F3O4S.C4H8O2.2H2S/c6-5(7,8)13(9,10)12-4-1-2-11-3-4;5-4-1-2-6-3-4;;/h4H,1-3H2;4-5H,1-3H2;2*1H2/t2*4-;;/m00../s1. The number of rotatable bonds is 2. The molecule has 21 heavy (non-hydrogen) atoms. The Bertz CT molecular complexity index is 363. The van der Waals surface area contributed by atoms with Gasteiger partial charge in [-0.2, -0.15) is 48.6 Å². The number of aliphatic hydroxyl groups excluding tert-OH is 1. The highest BCUT2D eigenvalue weighted by molar-refractivity contribution is 7.87. The van der Waals surface area contributed by atoms with Gasteiger partial charge in [-0.15, -0.1) is 0 Å². The molecule has 0 amide bonds. The van der Waals surface area contributed by atoms with Gasteiger partial charge in [-0.25, -0.2) is 0 Å². The Morgan fingerprint density at radius 1 is 1.05 bits per heavy atom. The van der Waals surface area contributed by atoms with Crippen LogP contribution in [0, 0.1) is 0 Å². The van der Waals surface area contributed by atoms with Crippen LogP contribution in [0.2, 0.25) is 0 Å². The summed E-state index contributed by atoms with van der Waals surface area (Å²) < 4.78 is 69.4. The number of hydrogen-bond donors (Lipinski definition) is 1. The smallest absolute Gasteiger partial charge is 0.391 e. The molecule has 12 heteroatoms. The number of ether oxygens (including phenoxy) is 2. The molecule has 0 saturated carbocycles. The Labute approximate surface area is 135 Å². The third-order valence-corrected chi connectivity index (χ3v) is 3.43. The van der Waals surface area contributed by atoms with Crippen molar-refractivity contribution in [2.45, 2.75) is 30.6 Å². The van der Waals surface area contributed by atoms with Gasteiger partial charge in [0.15, 0.2) is 0 Å². The lowest BCUT2D eigenvalue weighted by atomic mass is 10.3. The maximum absolute atomic E-state index is 11.7. The van der Waals surface area contributed by atoms with Crippen LogP contribution in [-0.4, -0.2) is 57.7 Å². The molecule has 0 bridgehead atoms. The highest BCUT2D eigenvalue weighted by Crippen LogP contribution is 2.27. The molecule has 2 heterocycles. The Morgan fingerprint density at radius 2 is 1.57 bits per heavy atom. The predicted octanol–water partition coefficient (Wildman–Crippen LogP) is 0.635. The first-order chi connectivity index (χ1) is 8.72. The molecular formula is C9H19F3O6S3. The quantitative estimate of drug-likeness (QED) is 0.563. The first-order valence-electron chi connectivity index (χ1n) is 5.55. The lowest BCUT2D eigenvalue weighted by Crippen LogP contribution is -2.30. The SMILES string of the molecule is O=S(=O)(O[C@H]1CCOC1)C(F)(F)F.O[C@H]1CCOC1.S.S. The van der Waals surface area contributed by atoms with Crippen LogP contribution in [0.15, 0.2) is 0 Å². The van der Waals surface area contributed by atoms with E-state index in [-0.39, 0.29) is 52.7 Å². The van der Waals surface area contributed by atoms with Crippen molar-refractivity contribution in [1.82, 2.24) is 0 Å². The van der Waals surface area contributed by atoms with Gasteiger partial charge in [-0.1, -0.05) is 0 Å². The van der Waals surface area contributed by atoms with Gasteiger partial charge >= 0.3 is 15.6 Å². The molecule has 0 aliphatic carbocycles. The van der Waals surface area contributed by atoms with Crippen molar-refractivity contribution in [2.75, 3.05) is 26.4 Å². The van der Waals surface area contributed by atoms with Crippen LogP contribution in [0.3, 0.4) is 0 Å². The van der Waals surface area contributed by atoms with Crippen LogP contribution < -0.4 is 0 Å². The van der Waals surface area contributed by atoms with Crippen molar-refractivity contribution in [1.29, 1.82) is 0 Å². The fourth-order valence-corrected chi connectivity index (χ4v) is 1.96. The topological polar surface area (TPSA) is 82.1 Å². The van der Waals surface area contributed by atoms with Gasteiger partial charge in [0.25, 0.3) is 0 Å². The molecule has 2 saturated heterocycles. The van der Waals surface area contributed by atoms with Crippen LogP contribution >= 0.6 is 27.0 Å². The maximum atomic E-state index is 11.7. The van der Waals surface area contributed by atoms with Crippen LogP contribution in [0.1, 0.15) is 12.8 Å². The van der Waals surface area contributed by atoms with Crippen molar-refractivity contribution in [3.63, 3.8) is 0 Å². The van der Waals surface area contributed by atoms with E-state index in [1.54, 1.807) is 0 Å². The lowest BCUT2D eigenvalue weighted by Gasteiger charge is -2.11. The van der Waals surface area contributed by atoms with Gasteiger partial charge in [-0.05, 0) is 6.42 Å². The zero-order valence-corrected chi connectivity index (χ0v) is 13.7. The van der Waals surface area contributed by atoms with E-state index in [1.807, 2.05) is 0 Å². The molecule has 0 aromatic carbocycles. The zero-order chi connectivity index (χ0) is 14.5. The molecule has 0 aromatic heterocycles. The van der Waals surface area contributed by atoms with Crippen molar-refractivity contribution in [2.24, 2.45) is 0 Å². The van der Waals surface area contributed by atoms with Gasteiger partial charge in [0.05, 0.1) is 19.3 Å². The van der Waals surface area contributed by atoms with Crippen LogP contribution in [0.5, 0.6) is 0 Å². The van der Waals surface area contributed by atoms with Crippen LogP contribution in [0.4, 0.5) is 13.2 Å². The third-order valence-electron chi connectivity index (χ3n) is 2.34. The summed E-state index contributed by atoms with van der Waals surface area (Å²) in [5.74, 6) is 0. The second-order valence-electron chi connectivity index (χ2n) is 4.00. The first kappa shape index (κ1) is 23.5. The minimum Gasteiger partial charge on any atom is -0.391 e. The van der Waals surface area contributed by atoms with E-state index >= 15 is 0 Å². The first-order valence-corrected chi connectivity index (χ1v) is 6.96. The normalized spacial score (nSPS) is 25.3. The van der Waals surface area contributed by atoms with Crippen molar-refractivity contribution < 1.29 is 40.4 Å². The highest BCUT2D eigenvalue weighted by Gasteiger charge is 2.48. The summed E-state index contributed by atoms with van der Waals surface area (Å²) in [6.07, 6.45) is -0.202. The zero-order valence-electron chi connectivity index (χ0n) is 10.9. The average Bonchev–Trinajstić information content (AvgIpc) is 2.90.